The van der Waals surface area contributed by atoms with Gasteiger partial charge < -0.3 is 10.4 Å². The Hall–Kier alpha value is -2.95. The average Bonchev–Trinajstić information content (AvgIpc) is 2.46. The predicted octanol–water partition coefficient (Wildman–Crippen LogP) is 2.57. The Labute approximate surface area is 121 Å². The van der Waals surface area contributed by atoms with Gasteiger partial charge in [-0.05, 0) is 30.3 Å². The Bertz CT molecular complexity index is 704. The summed E-state index contributed by atoms with van der Waals surface area (Å²) >= 11 is 0. The fourth-order valence-corrected chi connectivity index (χ4v) is 1.93. The van der Waals surface area contributed by atoms with Crippen molar-refractivity contribution in [3.63, 3.8) is 0 Å². The minimum Gasteiger partial charge on any atom is -0.478 e. The van der Waals surface area contributed by atoms with Crippen molar-refractivity contribution in [1.82, 2.24) is 0 Å². The fraction of sp³-hybridized carbons (Fsp3) is 0.0625. The average molecular weight is 283 g/mol. The maximum absolute atomic E-state index is 12.4. The fourth-order valence-electron chi connectivity index (χ4n) is 1.93. The highest BCUT2D eigenvalue weighted by molar-refractivity contribution is 6.14. The molecule has 21 heavy (non-hydrogen) atoms. The first-order valence-corrected chi connectivity index (χ1v) is 6.23. The van der Waals surface area contributed by atoms with Crippen molar-refractivity contribution < 1.29 is 19.5 Å². The monoisotopic (exact) mass is 283 g/mol. The van der Waals surface area contributed by atoms with Gasteiger partial charge in [0.25, 0.3) is 0 Å². The number of benzene rings is 2. The summed E-state index contributed by atoms with van der Waals surface area (Å²) in [4.78, 5) is 34.4. The molecule has 0 spiro atoms. The van der Waals surface area contributed by atoms with Gasteiger partial charge in [0.1, 0.15) is 0 Å². The molecule has 0 unspecified atom stereocenters. The molecule has 2 aromatic rings. The van der Waals surface area contributed by atoms with Crippen molar-refractivity contribution in [2.75, 3.05) is 5.32 Å². The number of carboxylic acid groups (broad SMARTS) is 1. The molecule has 0 saturated carbocycles. The second-order valence-corrected chi connectivity index (χ2v) is 4.44. The van der Waals surface area contributed by atoms with Gasteiger partial charge >= 0.3 is 5.97 Å². The van der Waals surface area contributed by atoms with Crippen molar-refractivity contribution in [3.05, 3.63) is 65.2 Å². The highest BCUT2D eigenvalue weighted by Gasteiger charge is 2.17. The van der Waals surface area contributed by atoms with Crippen LogP contribution in [0.15, 0.2) is 48.5 Å². The van der Waals surface area contributed by atoms with Gasteiger partial charge in [0.05, 0.1) is 5.56 Å². The summed E-state index contributed by atoms with van der Waals surface area (Å²) in [7, 11) is 0. The van der Waals surface area contributed by atoms with Gasteiger partial charge in [0.15, 0.2) is 5.78 Å². The molecule has 2 rings (SSSR count). The highest BCUT2D eigenvalue weighted by atomic mass is 16.4. The van der Waals surface area contributed by atoms with Crippen LogP contribution >= 0.6 is 0 Å². The van der Waals surface area contributed by atoms with Crippen LogP contribution in [-0.2, 0) is 4.79 Å². The minimum atomic E-state index is -1.14. The molecule has 0 radical (unpaired) electrons. The number of amides is 1. The summed E-state index contributed by atoms with van der Waals surface area (Å²) in [5.74, 6) is -1.72. The SMILES string of the molecule is CC(=O)Nc1ccc(C(=O)c2ccccc2C(=O)O)cc1. The van der Waals surface area contributed by atoms with Crippen LogP contribution in [0, 0.1) is 0 Å². The number of nitrogens with one attached hydrogen (secondary N) is 1. The molecule has 0 aliphatic carbocycles. The molecular weight excluding hydrogens is 270 g/mol. The van der Waals surface area contributed by atoms with Gasteiger partial charge in [-0.1, -0.05) is 18.2 Å². The maximum atomic E-state index is 12.4. The molecular formula is C16H13NO4. The first kappa shape index (κ1) is 14.5. The summed E-state index contributed by atoms with van der Waals surface area (Å²) in [6.07, 6.45) is 0. The maximum Gasteiger partial charge on any atom is 0.336 e. The van der Waals surface area contributed by atoms with Crippen LogP contribution in [0.3, 0.4) is 0 Å². The van der Waals surface area contributed by atoms with Gasteiger partial charge in [-0.25, -0.2) is 4.79 Å². The first-order valence-electron chi connectivity index (χ1n) is 6.23. The molecule has 0 atom stereocenters. The lowest BCUT2D eigenvalue weighted by atomic mass is 9.98. The lowest BCUT2D eigenvalue weighted by Gasteiger charge is -2.06. The van der Waals surface area contributed by atoms with E-state index in [1.807, 2.05) is 0 Å². The second kappa shape index (κ2) is 6.00. The molecule has 2 aromatic carbocycles. The second-order valence-electron chi connectivity index (χ2n) is 4.44. The van der Waals surface area contributed by atoms with Gasteiger partial charge in [-0.2, -0.15) is 0 Å². The van der Waals surface area contributed by atoms with Gasteiger partial charge in [-0.3, -0.25) is 9.59 Å². The van der Waals surface area contributed by atoms with E-state index in [1.165, 1.54) is 19.1 Å². The van der Waals surface area contributed by atoms with E-state index in [4.69, 9.17) is 5.11 Å². The summed E-state index contributed by atoms with van der Waals surface area (Å²) in [5, 5.41) is 11.7. The third kappa shape index (κ3) is 3.33. The van der Waals surface area contributed by atoms with Crippen LogP contribution in [-0.4, -0.2) is 22.8 Å². The summed E-state index contributed by atoms with van der Waals surface area (Å²) in [6.45, 7) is 1.39. The van der Waals surface area contributed by atoms with Crippen LogP contribution in [0.4, 0.5) is 5.69 Å². The zero-order valence-corrected chi connectivity index (χ0v) is 11.3. The van der Waals surface area contributed by atoms with E-state index in [1.54, 1.807) is 36.4 Å². The van der Waals surface area contributed by atoms with Crippen molar-refractivity contribution in [3.8, 4) is 0 Å². The number of carbonyl (C=O) groups excluding carboxylic acids is 2. The molecule has 0 aliphatic rings. The van der Waals surface area contributed by atoms with E-state index in [0.717, 1.165) is 0 Å². The van der Waals surface area contributed by atoms with Crippen LogP contribution in [0.5, 0.6) is 0 Å². The molecule has 0 heterocycles. The molecule has 0 aromatic heterocycles. The molecule has 5 nitrogen and oxygen atoms in total. The quantitative estimate of drug-likeness (QED) is 0.845. The summed E-state index contributed by atoms with van der Waals surface area (Å²) in [5.41, 5.74) is 1.04. The lowest BCUT2D eigenvalue weighted by Crippen LogP contribution is -2.10. The minimum absolute atomic E-state index is 0.0339. The van der Waals surface area contributed by atoms with E-state index >= 15 is 0 Å². The Morgan fingerprint density at radius 2 is 1.48 bits per heavy atom. The molecule has 0 fully saturated rings. The number of hydrogen-bond acceptors (Lipinski definition) is 3. The van der Waals surface area contributed by atoms with E-state index in [0.29, 0.717) is 11.3 Å². The smallest absolute Gasteiger partial charge is 0.336 e. The topological polar surface area (TPSA) is 83.5 Å². The predicted molar refractivity (Wildman–Crippen MR) is 77.6 cm³/mol. The Kier molecular flexibility index (Phi) is 4.13. The van der Waals surface area contributed by atoms with E-state index in [9.17, 15) is 14.4 Å². The molecule has 2 N–H and O–H groups in total. The standard InChI is InChI=1S/C16H13NO4/c1-10(18)17-12-8-6-11(7-9-12)15(19)13-4-2-3-5-14(13)16(20)21/h2-9H,1H3,(H,17,18)(H,20,21). The number of carboxylic acids is 1. The van der Waals surface area contributed by atoms with Crippen molar-refractivity contribution in [2.24, 2.45) is 0 Å². The Balaban J connectivity index is 2.32. The number of ketones is 1. The normalized spacial score (nSPS) is 9.95. The highest BCUT2D eigenvalue weighted by Crippen LogP contribution is 2.17. The summed E-state index contributed by atoms with van der Waals surface area (Å²) < 4.78 is 0. The Morgan fingerprint density at radius 3 is 2.00 bits per heavy atom. The van der Waals surface area contributed by atoms with Crippen LogP contribution in [0.1, 0.15) is 33.2 Å². The van der Waals surface area contributed by atoms with Gasteiger partial charge in [0.2, 0.25) is 5.91 Å². The lowest BCUT2D eigenvalue weighted by molar-refractivity contribution is -0.114. The largest absolute Gasteiger partial charge is 0.478 e. The molecule has 0 bridgehead atoms. The van der Waals surface area contributed by atoms with Crippen molar-refractivity contribution in [1.29, 1.82) is 0 Å². The van der Waals surface area contributed by atoms with Crippen molar-refractivity contribution in [2.45, 2.75) is 6.92 Å². The van der Waals surface area contributed by atoms with Crippen LogP contribution < -0.4 is 5.32 Å². The number of anilines is 1. The van der Waals surface area contributed by atoms with Crippen LogP contribution in [0.25, 0.3) is 0 Å². The van der Waals surface area contributed by atoms with Gasteiger partial charge in [0, 0.05) is 23.7 Å². The van der Waals surface area contributed by atoms with Crippen molar-refractivity contribution >= 4 is 23.3 Å². The number of aromatic carboxylic acids is 1. The van der Waals surface area contributed by atoms with E-state index < -0.39 is 5.97 Å². The number of hydrogen-bond donors (Lipinski definition) is 2. The first-order chi connectivity index (χ1) is 9.99. The third-order valence-corrected chi connectivity index (χ3v) is 2.87. The molecule has 1 amide bonds. The van der Waals surface area contributed by atoms with E-state index in [2.05, 4.69) is 5.32 Å². The van der Waals surface area contributed by atoms with Crippen LogP contribution in [0.2, 0.25) is 0 Å². The number of carbonyl (C=O) groups is 3. The molecule has 5 heteroatoms. The molecule has 0 aliphatic heterocycles. The molecule has 0 saturated heterocycles. The molecule has 106 valence electrons. The zero-order valence-electron chi connectivity index (χ0n) is 11.3. The van der Waals surface area contributed by atoms with E-state index in [-0.39, 0.29) is 22.8 Å². The Morgan fingerprint density at radius 1 is 0.905 bits per heavy atom. The number of rotatable bonds is 4. The van der Waals surface area contributed by atoms with Gasteiger partial charge in [-0.15, -0.1) is 0 Å². The summed E-state index contributed by atoms with van der Waals surface area (Å²) in [6, 6.07) is 12.3. The third-order valence-electron chi connectivity index (χ3n) is 2.87. The zero-order chi connectivity index (χ0) is 15.4.